The SMILES string of the molecule is CCCN(C(C)C)P(=O)(OCC(F)F)OCC(F)(F)F. The molecule has 0 aliphatic rings. The summed E-state index contributed by atoms with van der Waals surface area (Å²) in [5.41, 5.74) is 0. The van der Waals surface area contributed by atoms with Crippen LogP contribution in [-0.2, 0) is 13.6 Å². The third-order valence-electron chi connectivity index (χ3n) is 2.12. The maximum Gasteiger partial charge on any atom is 0.412 e. The zero-order chi connectivity index (χ0) is 16.0. The van der Waals surface area contributed by atoms with E-state index < -0.39 is 39.6 Å². The van der Waals surface area contributed by atoms with E-state index in [1.54, 1.807) is 20.8 Å². The molecule has 1 unspecified atom stereocenters. The molecule has 0 radical (unpaired) electrons. The van der Waals surface area contributed by atoms with Gasteiger partial charge in [-0.15, -0.1) is 0 Å². The molecule has 0 amide bonds. The first-order valence-electron chi connectivity index (χ1n) is 6.03. The lowest BCUT2D eigenvalue weighted by Gasteiger charge is -2.32. The molecule has 0 saturated heterocycles. The van der Waals surface area contributed by atoms with Crippen LogP contribution in [-0.4, -0.2) is 43.1 Å². The van der Waals surface area contributed by atoms with Gasteiger partial charge in [-0.05, 0) is 20.3 Å². The van der Waals surface area contributed by atoms with Crippen LogP contribution in [0.3, 0.4) is 0 Å². The molecule has 0 aromatic rings. The van der Waals surface area contributed by atoms with Crippen molar-refractivity contribution in [2.24, 2.45) is 0 Å². The summed E-state index contributed by atoms with van der Waals surface area (Å²) in [7, 11) is -4.42. The maximum atomic E-state index is 12.3. The van der Waals surface area contributed by atoms with E-state index in [1.165, 1.54) is 0 Å². The molecule has 0 saturated carbocycles. The second-order valence-corrected chi connectivity index (χ2v) is 6.27. The van der Waals surface area contributed by atoms with Gasteiger partial charge in [0.25, 0.3) is 6.43 Å². The molecule has 122 valence electrons. The molecule has 10 heteroatoms. The number of halogens is 5. The van der Waals surface area contributed by atoms with E-state index in [9.17, 15) is 26.5 Å². The number of nitrogens with zero attached hydrogens (tertiary/aromatic N) is 1. The van der Waals surface area contributed by atoms with Gasteiger partial charge in [0.2, 0.25) is 0 Å². The van der Waals surface area contributed by atoms with Crippen LogP contribution < -0.4 is 0 Å². The molecule has 0 fully saturated rings. The second kappa shape index (κ2) is 8.26. The van der Waals surface area contributed by atoms with Gasteiger partial charge >= 0.3 is 13.9 Å². The molecule has 0 spiro atoms. The average Bonchev–Trinajstić information content (AvgIpc) is 2.29. The Bertz CT molecular complexity index is 325. The van der Waals surface area contributed by atoms with Gasteiger partial charge in [-0.2, -0.15) is 13.2 Å². The van der Waals surface area contributed by atoms with Crippen LogP contribution in [0.5, 0.6) is 0 Å². The molecule has 0 heterocycles. The second-order valence-electron chi connectivity index (χ2n) is 4.30. The van der Waals surface area contributed by atoms with Crippen molar-refractivity contribution in [2.45, 2.75) is 45.8 Å². The fourth-order valence-corrected chi connectivity index (χ4v) is 3.38. The Morgan fingerprint density at radius 1 is 1.20 bits per heavy atom. The molecule has 0 aliphatic carbocycles. The van der Waals surface area contributed by atoms with E-state index in [0.717, 1.165) is 4.67 Å². The molecular weight excluding hydrogens is 308 g/mol. The van der Waals surface area contributed by atoms with Gasteiger partial charge in [0.1, 0.15) is 6.61 Å². The van der Waals surface area contributed by atoms with Crippen molar-refractivity contribution in [1.82, 2.24) is 4.67 Å². The molecule has 0 rings (SSSR count). The molecule has 0 aromatic carbocycles. The normalized spacial score (nSPS) is 16.1. The van der Waals surface area contributed by atoms with Crippen LogP contribution in [0.15, 0.2) is 0 Å². The van der Waals surface area contributed by atoms with Gasteiger partial charge in [0.15, 0.2) is 6.61 Å². The Kier molecular flexibility index (Phi) is 8.16. The lowest BCUT2D eigenvalue weighted by atomic mass is 10.4. The number of alkyl halides is 5. The van der Waals surface area contributed by atoms with Gasteiger partial charge < -0.3 is 0 Å². The lowest BCUT2D eigenvalue weighted by Crippen LogP contribution is -2.32. The van der Waals surface area contributed by atoms with Gasteiger partial charge in [0.05, 0.1) is 0 Å². The highest BCUT2D eigenvalue weighted by Crippen LogP contribution is 2.54. The highest BCUT2D eigenvalue weighted by molar-refractivity contribution is 7.51. The molecule has 0 N–H and O–H groups in total. The van der Waals surface area contributed by atoms with E-state index in [4.69, 9.17) is 0 Å². The van der Waals surface area contributed by atoms with Gasteiger partial charge in [-0.1, -0.05) is 6.92 Å². The minimum Gasteiger partial charge on any atom is -0.291 e. The highest BCUT2D eigenvalue weighted by Gasteiger charge is 2.40. The Morgan fingerprint density at radius 3 is 2.10 bits per heavy atom. The zero-order valence-electron chi connectivity index (χ0n) is 11.5. The predicted octanol–water partition coefficient (Wildman–Crippen LogP) is 4.08. The van der Waals surface area contributed by atoms with Crippen molar-refractivity contribution in [3.05, 3.63) is 0 Å². The molecule has 0 aromatic heterocycles. The lowest BCUT2D eigenvalue weighted by molar-refractivity contribution is -0.157. The van der Waals surface area contributed by atoms with Crippen LogP contribution in [0.25, 0.3) is 0 Å². The van der Waals surface area contributed by atoms with Gasteiger partial charge in [-0.3, -0.25) is 9.05 Å². The summed E-state index contributed by atoms with van der Waals surface area (Å²) in [4.78, 5) is 0. The van der Waals surface area contributed by atoms with Crippen LogP contribution in [0, 0.1) is 0 Å². The quantitative estimate of drug-likeness (QED) is 0.473. The highest BCUT2D eigenvalue weighted by atomic mass is 31.2. The minimum absolute atomic E-state index is 0.107. The molecule has 0 aliphatic heterocycles. The Hall–Kier alpha value is -0.240. The van der Waals surface area contributed by atoms with Gasteiger partial charge in [-0.25, -0.2) is 18.0 Å². The van der Waals surface area contributed by atoms with Crippen molar-refractivity contribution in [3.63, 3.8) is 0 Å². The molecule has 1 atom stereocenters. The summed E-state index contributed by atoms with van der Waals surface area (Å²) >= 11 is 0. The van der Waals surface area contributed by atoms with Crippen molar-refractivity contribution in [3.8, 4) is 0 Å². The molecule has 0 bridgehead atoms. The van der Waals surface area contributed by atoms with Crippen molar-refractivity contribution in [2.75, 3.05) is 19.8 Å². The standard InChI is InChI=1S/C10H19F5NO3P/c1-4-5-16(8(2)3)20(17,18-6-9(11)12)19-7-10(13,14)15/h8-9H,4-7H2,1-3H3. The summed E-state index contributed by atoms with van der Waals surface area (Å²) in [5.74, 6) is 0. The summed E-state index contributed by atoms with van der Waals surface area (Å²) < 4.78 is 83.0. The summed E-state index contributed by atoms with van der Waals surface area (Å²) in [6.45, 7) is 1.87. The van der Waals surface area contributed by atoms with Crippen molar-refractivity contribution < 1.29 is 35.6 Å². The first-order chi connectivity index (χ1) is 9.02. The van der Waals surface area contributed by atoms with Crippen LogP contribution >= 0.6 is 7.75 Å². The van der Waals surface area contributed by atoms with E-state index in [0.29, 0.717) is 6.42 Å². The summed E-state index contributed by atoms with van der Waals surface area (Å²) in [6.07, 6.45) is -7.22. The van der Waals surface area contributed by atoms with E-state index in [2.05, 4.69) is 9.05 Å². The first kappa shape index (κ1) is 19.8. The Morgan fingerprint density at radius 2 is 1.75 bits per heavy atom. The number of hydrogen-bond acceptors (Lipinski definition) is 3. The van der Waals surface area contributed by atoms with E-state index in [1.807, 2.05) is 0 Å². The Labute approximate surface area is 114 Å². The maximum absolute atomic E-state index is 12.3. The topological polar surface area (TPSA) is 38.8 Å². The fraction of sp³-hybridized carbons (Fsp3) is 1.00. The Balaban J connectivity index is 5.04. The third kappa shape index (κ3) is 7.52. The molecule has 20 heavy (non-hydrogen) atoms. The summed E-state index contributed by atoms with van der Waals surface area (Å²) in [6, 6.07) is -0.480. The molecular formula is C10H19F5NO3P. The van der Waals surface area contributed by atoms with Crippen LogP contribution in [0.1, 0.15) is 27.2 Å². The first-order valence-corrected chi connectivity index (χ1v) is 7.52. The smallest absolute Gasteiger partial charge is 0.291 e. The summed E-state index contributed by atoms with van der Waals surface area (Å²) in [5, 5.41) is 0. The number of hydrogen-bond donors (Lipinski definition) is 0. The van der Waals surface area contributed by atoms with Crippen molar-refractivity contribution >= 4 is 7.75 Å². The third-order valence-corrected chi connectivity index (χ3v) is 4.34. The number of rotatable bonds is 9. The average molecular weight is 327 g/mol. The van der Waals surface area contributed by atoms with Crippen molar-refractivity contribution in [1.29, 1.82) is 0 Å². The van der Waals surface area contributed by atoms with Crippen LogP contribution in [0.2, 0.25) is 0 Å². The largest absolute Gasteiger partial charge is 0.412 e. The van der Waals surface area contributed by atoms with Gasteiger partial charge in [0, 0.05) is 12.6 Å². The molecule has 4 nitrogen and oxygen atoms in total. The predicted molar refractivity (Wildman–Crippen MR) is 63.7 cm³/mol. The zero-order valence-corrected chi connectivity index (χ0v) is 12.4. The fourth-order valence-electron chi connectivity index (χ4n) is 1.38. The monoisotopic (exact) mass is 327 g/mol. The van der Waals surface area contributed by atoms with E-state index in [-0.39, 0.29) is 6.54 Å². The van der Waals surface area contributed by atoms with E-state index >= 15 is 0 Å². The minimum atomic E-state index is -4.72. The van der Waals surface area contributed by atoms with Crippen LogP contribution in [0.4, 0.5) is 22.0 Å².